The molecule has 0 atom stereocenters. The van der Waals surface area contributed by atoms with Crippen molar-refractivity contribution in [3.63, 3.8) is 0 Å². The van der Waals surface area contributed by atoms with Crippen LogP contribution in [0.25, 0.3) is 17.0 Å². The minimum Gasteiger partial charge on any atom is -0.302 e. The second-order valence-electron chi connectivity index (χ2n) is 7.25. The first kappa shape index (κ1) is 19.2. The summed E-state index contributed by atoms with van der Waals surface area (Å²) in [4.78, 5) is 25.8. The molecule has 3 aromatic heterocycles. The minimum absolute atomic E-state index is 0.129. The van der Waals surface area contributed by atoms with Gasteiger partial charge in [-0.1, -0.05) is 6.07 Å². The van der Waals surface area contributed by atoms with Crippen LogP contribution in [0, 0.1) is 34.6 Å². The monoisotopic (exact) mass is 406 g/mol. The van der Waals surface area contributed by atoms with E-state index in [0.29, 0.717) is 10.9 Å². The van der Waals surface area contributed by atoms with Crippen LogP contribution in [0.3, 0.4) is 0 Å². The quantitative estimate of drug-likeness (QED) is 0.554. The van der Waals surface area contributed by atoms with Crippen molar-refractivity contribution in [2.75, 3.05) is 5.32 Å². The highest BCUT2D eigenvalue weighted by Crippen LogP contribution is 2.29. The number of fused-ring (bicyclic) bond motifs is 1. The van der Waals surface area contributed by atoms with Crippen LogP contribution in [-0.4, -0.2) is 30.5 Å². The van der Waals surface area contributed by atoms with Crippen molar-refractivity contribution in [3.8, 4) is 11.3 Å². The zero-order valence-corrected chi connectivity index (χ0v) is 17.9. The molecule has 0 aliphatic rings. The molecule has 7 nitrogen and oxygen atoms in total. The second-order valence-corrected chi connectivity index (χ2v) is 8.11. The summed E-state index contributed by atoms with van der Waals surface area (Å²) in [5.41, 5.74) is 8.14. The molecule has 0 bridgehead atoms. The van der Waals surface area contributed by atoms with Crippen molar-refractivity contribution >= 4 is 28.2 Å². The molecule has 0 fully saturated rings. The topological polar surface area (TPSA) is 85.1 Å². The van der Waals surface area contributed by atoms with E-state index in [1.54, 1.807) is 4.52 Å². The van der Waals surface area contributed by atoms with E-state index in [1.807, 2.05) is 19.2 Å². The average molecular weight is 407 g/mol. The molecule has 4 rings (SSSR count). The molecule has 0 radical (unpaired) electrons. The van der Waals surface area contributed by atoms with Crippen molar-refractivity contribution in [1.82, 2.24) is 24.6 Å². The van der Waals surface area contributed by atoms with Gasteiger partial charge in [0.1, 0.15) is 6.33 Å². The third-order valence-electron chi connectivity index (χ3n) is 5.19. The maximum Gasteiger partial charge on any atom is 0.252 e. The van der Waals surface area contributed by atoms with Crippen LogP contribution in [0.2, 0.25) is 0 Å². The smallest absolute Gasteiger partial charge is 0.252 e. The Kier molecular flexibility index (Phi) is 4.87. The summed E-state index contributed by atoms with van der Waals surface area (Å²) >= 11 is 1.43. The van der Waals surface area contributed by atoms with Gasteiger partial charge < -0.3 is 5.32 Å². The number of anilines is 1. The molecule has 148 valence electrons. The maximum atomic E-state index is 12.7. The van der Waals surface area contributed by atoms with Crippen molar-refractivity contribution in [1.29, 1.82) is 0 Å². The van der Waals surface area contributed by atoms with Gasteiger partial charge >= 0.3 is 0 Å². The number of nitrogens with zero attached hydrogens (tertiary/aromatic N) is 5. The molecule has 0 saturated carbocycles. The Labute approximate surface area is 172 Å². The van der Waals surface area contributed by atoms with E-state index < -0.39 is 0 Å². The van der Waals surface area contributed by atoms with Crippen LogP contribution in [0.5, 0.6) is 0 Å². The van der Waals surface area contributed by atoms with Gasteiger partial charge in [-0.25, -0.2) is 14.5 Å². The van der Waals surface area contributed by atoms with E-state index in [9.17, 15) is 4.79 Å². The Hall–Kier alpha value is -3.13. The molecular weight excluding hydrogens is 384 g/mol. The summed E-state index contributed by atoms with van der Waals surface area (Å²) in [5.74, 6) is 0.410. The summed E-state index contributed by atoms with van der Waals surface area (Å²) in [5, 5.41) is 9.66. The third kappa shape index (κ3) is 3.63. The Bertz CT molecular complexity index is 1240. The van der Waals surface area contributed by atoms with Crippen molar-refractivity contribution < 1.29 is 4.79 Å². The first-order valence-electron chi connectivity index (χ1n) is 9.33. The standard InChI is InChI=1S/C21H22N6OS/c1-11-6-13(3)16(7-12(11)2)18-9-29-21(25-18)26-19(28)8-17-14(4)24-20-22-10-23-27(20)15(17)5/h6-7,9-10H,8H2,1-5H3,(H,25,26,28). The van der Waals surface area contributed by atoms with E-state index in [-0.39, 0.29) is 12.3 Å². The number of aromatic nitrogens is 5. The van der Waals surface area contributed by atoms with Gasteiger partial charge in [-0.15, -0.1) is 11.3 Å². The van der Waals surface area contributed by atoms with Gasteiger partial charge in [0, 0.05) is 27.9 Å². The second kappa shape index (κ2) is 7.36. The normalized spacial score (nSPS) is 11.2. The Morgan fingerprint density at radius 3 is 2.62 bits per heavy atom. The summed E-state index contributed by atoms with van der Waals surface area (Å²) in [6.45, 7) is 10.1. The van der Waals surface area contributed by atoms with E-state index in [1.165, 1.54) is 34.4 Å². The van der Waals surface area contributed by atoms with Crippen molar-refractivity contribution in [2.24, 2.45) is 0 Å². The molecular formula is C21H22N6OS. The fourth-order valence-electron chi connectivity index (χ4n) is 3.43. The van der Waals surface area contributed by atoms with Gasteiger partial charge in [0.15, 0.2) is 5.13 Å². The molecule has 1 aromatic carbocycles. The predicted molar refractivity (Wildman–Crippen MR) is 114 cm³/mol. The van der Waals surface area contributed by atoms with Crippen LogP contribution in [0.1, 0.15) is 33.6 Å². The van der Waals surface area contributed by atoms with Gasteiger partial charge in [-0.3, -0.25) is 4.79 Å². The van der Waals surface area contributed by atoms with Gasteiger partial charge in [-0.2, -0.15) is 10.1 Å². The van der Waals surface area contributed by atoms with Gasteiger partial charge in [0.25, 0.3) is 5.78 Å². The van der Waals surface area contributed by atoms with Crippen molar-refractivity contribution in [2.45, 2.75) is 41.0 Å². The van der Waals surface area contributed by atoms with Gasteiger partial charge in [0.05, 0.1) is 12.1 Å². The molecule has 4 aromatic rings. The molecule has 0 saturated heterocycles. The van der Waals surface area contributed by atoms with Crippen LogP contribution in [-0.2, 0) is 11.2 Å². The number of hydrogen-bond acceptors (Lipinski definition) is 6. The zero-order valence-electron chi connectivity index (χ0n) is 17.1. The molecule has 1 N–H and O–H groups in total. The highest BCUT2D eigenvalue weighted by Gasteiger charge is 2.16. The fraction of sp³-hybridized carbons (Fsp3) is 0.286. The molecule has 0 spiro atoms. The number of thiazole rings is 1. The summed E-state index contributed by atoms with van der Waals surface area (Å²) in [7, 11) is 0. The number of hydrogen-bond donors (Lipinski definition) is 1. The van der Waals surface area contributed by atoms with E-state index in [2.05, 4.69) is 58.3 Å². The summed E-state index contributed by atoms with van der Waals surface area (Å²) in [6, 6.07) is 4.32. The summed E-state index contributed by atoms with van der Waals surface area (Å²) < 4.78 is 1.65. The summed E-state index contributed by atoms with van der Waals surface area (Å²) in [6.07, 6.45) is 1.67. The number of aryl methyl sites for hydroxylation is 5. The third-order valence-corrected chi connectivity index (χ3v) is 5.95. The predicted octanol–water partition coefficient (Wildman–Crippen LogP) is 3.97. The molecule has 3 heterocycles. The lowest BCUT2D eigenvalue weighted by molar-refractivity contribution is -0.115. The number of nitrogens with one attached hydrogen (secondary N) is 1. The fourth-order valence-corrected chi connectivity index (χ4v) is 4.15. The zero-order chi connectivity index (χ0) is 20.7. The van der Waals surface area contributed by atoms with Crippen LogP contribution >= 0.6 is 11.3 Å². The first-order valence-corrected chi connectivity index (χ1v) is 10.2. The Morgan fingerprint density at radius 1 is 1.07 bits per heavy atom. The largest absolute Gasteiger partial charge is 0.302 e. The van der Waals surface area contributed by atoms with E-state index in [0.717, 1.165) is 28.2 Å². The number of amides is 1. The van der Waals surface area contributed by atoms with Gasteiger partial charge in [-0.05, 0) is 57.4 Å². The highest BCUT2D eigenvalue weighted by molar-refractivity contribution is 7.14. The van der Waals surface area contributed by atoms with Crippen LogP contribution in [0.4, 0.5) is 5.13 Å². The highest BCUT2D eigenvalue weighted by atomic mass is 32.1. The lowest BCUT2D eigenvalue weighted by atomic mass is 9.99. The molecule has 29 heavy (non-hydrogen) atoms. The molecule has 0 aliphatic carbocycles. The van der Waals surface area contributed by atoms with E-state index >= 15 is 0 Å². The van der Waals surface area contributed by atoms with Gasteiger partial charge in [0.2, 0.25) is 5.91 Å². The number of carbonyl (C=O) groups is 1. The average Bonchev–Trinajstić information content (AvgIpc) is 3.31. The number of carbonyl (C=O) groups excluding carboxylic acids is 1. The number of benzene rings is 1. The first-order chi connectivity index (χ1) is 13.8. The molecule has 8 heteroatoms. The van der Waals surface area contributed by atoms with Crippen LogP contribution < -0.4 is 5.32 Å². The van der Waals surface area contributed by atoms with Crippen LogP contribution in [0.15, 0.2) is 23.8 Å². The molecule has 0 unspecified atom stereocenters. The maximum absolute atomic E-state index is 12.7. The molecule has 0 aliphatic heterocycles. The van der Waals surface area contributed by atoms with Crippen molar-refractivity contribution in [3.05, 3.63) is 57.5 Å². The lowest BCUT2D eigenvalue weighted by Gasteiger charge is -2.10. The van der Waals surface area contributed by atoms with E-state index in [4.69, 9.17) is 0 Å². The Balaban J connectivity index is 1.54. The number of rotatable bonds is 4. The minimum atomic E-state index is -0.129. The molecule has 1 amide bonds. The SMILES string of the molecule is Cc1cc(C)c(-c2csc(NC(=O)Cc3c(C)nc4ncnn4c3C)n2)cc1C. The lowest BCUT2D eigenvalue weighted by Crippen LogP contribution is -2.17. The Morgan fingerprint density at radius 2 is 1.83 bits per heavy atom.